The van der Waals surface area contributed by atoms with Crippen LogP contribution in [0.15, 0.2) is 9.85 Å². The molecule has 1 aromatic heterocycles. The normalized spacial score (nSPS) is 14.5. The van der Waals surface area contributed by atoms with Gasteiger partial charge in [0.05, 0.1) is 5.54 Å². The fourth-order valence-corrected chi connectivity index (χ4v) is 2.99. The quantitative estimate of drug-likeness (QED) is 0.698. The van der Waals surface area contributed by atoms with Gasteiger partial charge < -0.3 is 11.1 Å². The Hall–Kier alpha value is -0.660. The summed E-state index contributed by atoms with van der Waals surface area (Å²) < 4.78 is 0.923. The number of carbonyl (C=O) groups excluding carboxylic acids is 1. The average molecular weight is 274 g/mol. The van der Waals surface area contributed by atoms with Crippen molar-refractivity contribution in [3.05, 3.63) is 5.51 Å². The van der Waals surface area contributed by atoms with E-state index in [1.165, 1.54) is 11.3 Å². The minimum atomic E-state index is -0.631. The fourth-order valence-electron chi connectivity index (χ4n) is 1.27. The molecular weight excluding hydrogens is 256 g/mol. The van der Waals surface area contributed by atoms with Crippen LogP contribution in [-0.2, 0) is 4.79 Å². The molecular formula is C10H18N4OS2. The molecule has 0 aliphatic heterocycles. The Kier molecular flexibility index (Phi) is 5.87. The Labute approximate surface area is 110 Å². The predicted octanol–water partition coefficient (Wildman–Crippen LogP) is 1.26. The summed E-state index contributed by atoms with van der Waals surface area (Å²) in [5.41, 5.74) is 6.50. The van der Waals surface area contributed by atoms with Gasteiger partial charge in [-0.15, -0.1) is 10.2 Å². The van der Waals surface area contributed by atoms with Gasteiger partial charge in [-0.25, -0.2) is 0 Å². The second-order valence-electron chi connectivity index (χ2n) is 3.93. The summed E-state index contributed by atoms with van der Waals surface area (Å²) in [6.45, 7) is 4.71. The molecule has 0 aliphatic carbocycles. The molecule has 0 radical (unpaired) electrons. The molecule has 1 amide bonds. The van der Waals surface area contributed by atoms with E-state index in [9.17, 15) is 4.79 Å². The van der Waals surface area contributed by atoms with Gasteiger partial charge in [0.1, 0.15) is 5.51 Å². The molecule has 5 nitrogen and oxygen atoms in total. The third-order valence-corrected chi connectivity index (χ3v) is 4.34. The maximum absolute atomic E-state index is 11.4. The molecule has 96 valence electrons. The largest absolute Gasteiger partial charge is 0.368 e. The van der Waals surface area contributed by atoms with Crippen LogP contribution in [0.1, 0.15) is 26.7 Å². The maximum atomic E-state index is 11.4. The summed E-state index contributed by atoms with van der Waals surface area (Å²) in [6.07, 6.45) is 1.67. The lowest BCUT2D eigenvalue weighted by Gasteiger charge is -2.27. The van der Waals surface area contributed by atoms with Crippen molar-refractivity contribution in [2.45, 2.75) is 36.6 Å². The van der Waals surface area contributed by atoms with E-state index < -0.39 is 5.54 Å². The summed E-state index contributed by atoms with van der Waals surface area (Å²) in [5.74, 6) is 0.495. The molecule has 17 heavy (non-hydrogen) atoms. The van der Waals surface area contributed by atoms with E-state index in [-0.39, 0.29) is 5.91 Å². The molecule has 0 fully saturated rings. The van der Waals surface area contributed by atoms with Gasteiger partial charge >= 0.3 is 0 Å². The first-order valence-electron chi connectivity index (χ1n) is 5.52. The van der Waals surface area contributed by atoms with Crippen molar-refractivity contribution in [2.24, 2.45) is 5.73 Å². The highest BCUT2D eigenvalue weighted by atomic mass is 32.2. The van der Waals surface area contributed by atoms with E-state index in [2.05, 4.69) is 22.4 Å². The number of primary amides is 1. The van der Waals surface area contributed by atoms with Crippen molar-refractivity contribution in [3.63, 3.8) is 0 Å². The van der Waals surface area contributed by atoms with Crippen molar-refractivity contribution >= 4 is 29.0 Å². The van der Waals surface area contributed by atoms with Crippen LogP contribution in [0.5, 0.6) is 0 Å². The average Bonchev–Trinajstić information content (AvgIpc) is 2.79. The minimum Gasteiger partial charge on any atom is -0.368 e. The highest BCUT2D eigenvalue weighted by Gasteiger charge is 2.29. The van der Waals surface area contributed by atoms with Gasteiger partial charge in [-0.05, 0) is 26.3 Å². The van der Waals surface area contributed by atoms with Crippen LogP contribution < -0.4 is 11.1 Å². The Morgan fingerprint density at radius 1 is 1.71 bits per heavy atom. The van der Waals surface area contributed by atoms with E-state index in [1.54, 1.807) is 17.3 Å². The molecule has 0 saturated carbocycles. The predicted molar refractivity (Wildman–Crippen MR) is 71.1 cm³/mol. The standard InChI is InChI=1S/C10H18N4OS2/c1-3-5-12-10(2,8(11)15)4-6-16-9-14-13-7-17-9/h7,12H,3-6H2,1-2H3,(H2,11,15). The van der Waals surface area contributed by atoms with E-state index >= 15 is 0 Å². The first kappa shape index (κ1) is 14.4. The zero-order valence-electron chi connectivity index (χ0n) is 10.1. The molecule has 0 bridgehead atoms. The number of amides is 1. The number of aromatic nitrogens is 2. The van der Waals surface area contributed by atoms with Gasteiger partial charge in [-0.3, -0.25) is 4.79 Å². The Balaban J connectivity index is 2.41. The Bertz CT molecular complexity index is 344. The van der Waals surface area contributed by atoms with Gasteiger partial charge in [-0.1, -0.05) is 30.0 Å². The molecule has 1 rings (SSSR count). The zero-order valence-corrected chi connectivity index (χ0v) is 11.7. The Morgan fingerprint density at radius 2 is 2.47 bits per heavy atom. The van der Waals surface area contributed by atoms with E-state index in [1.807, 2.05) is 6.92 Å². The number of hydrogen-bond donors (Lipinski definition) is 2. The molecule has 1 aromatic rings. The summed E-state index contributed by atoms with van der Waals surface area (Å²) in [5, 5.41) is 10.9. The summed E-state index contributed by atoms with van der Waals surface area (Å²) in [6, 6.07) is 0. The summed E-state index contributed by atoms with van der Waals surface area (Å²) in [7, 11) is 0. The monoisotopic (exact) mass is 274 g/mol. The number of rotatable bonds is 8. The first-order valence-corrected chi connectivity index (χ1v) is 7.39. The van der Waals surface area contributed by atoms with E-state index in [4.69, 9.17) is 5.73 Å². The molecule has 0 saturated heterocycles. The van der Waals surface area contributed by atoms with E-state index in [0.29, 0.717) is 6.42 Å². The van der Waals surface area contributed by atoms with Crippen LogP contribution >= 0.6 is 23.1 Å². The SMILES string of the molecule is CCCNC(C)(CCSc1nncs1)C(N)=O. The molecule has 1 atom stereocenters. The second-order valence-corrected chi connectivity index (χ2v) is 6.10. The van der Waals surface area contributed by atoms with Crippen LogP contribution in [0.4, 0.5) is 0 Å². The highest BCUT2D eigenvalue weighted by molar-refractivity contribution is 8.00. The molecule has 0 spiro atoms. The van der Waals surface area contributed by atoms with Gasteiger partial charge in [0, 0.05) is 5.75 Å². The van der Waals surface area contributed by atoms with E-state index in [0.717, 1.165) is 23.1 Å². The lowest BCUT2D eigenvalue weighted by Crippen LogP contribution is -2.53. The number of thioether (sulfide) groups is 1. The molecule has 3 N–H and O–H groups in total. The van der Waals surface area contributed by atoms with Crippen molar-refractivity contribution < 1.29 is 4.79 Å². The zero-order chi connectivity index (χ0) is 12.7. The third-order valence-electron chi connectivity index (χ3n) is 2.48. The number of hydrogen-bond acceptors (Lipinski definition) is 6. The van der Waals surface area contributed by atoms with Gasteiger partial charge in [-0.2, -0.15) is 0 Å². The number of carbonyl (C=O) groups is 1. The lowest BCUT2D eigenvalue weighted by molar-refractivity contribution is -0.123. The number of nitrogens with one attached hydrogen (secondary N) is 1. The third kappa shape index (κ3) is 4.61. The summed E-state index contributed by atoms with van der Waals surface area (Å²) in [4.78, 5) is 11.4. The molecule has 0 aliphatic rings. The minimum absolute atomic E-state index is 0.302. The van der Waals surface area contributed by atoms with Gasteiger partial charge in [0.2, 0.25) is 5.91 Å². The van der Waals surface area contributed by atoms with Crippen LogP contribution in [0.25, 0.3) is 0 Å². The second kappa shape index (κ2) is 6.93. The van der Waals surface area contributed by atoms with Crippen LogP contribution in [0.3, 0.4) is 0 Å². The number of nitrogens with zero attached hydrogens (tertiary/aromatic N) is 2. The van der Waals surface area contributed by atoms with Gasteiger partial charge in [0.15, 0.2) is 4.34 Å². The van der Waals surface area contributed by atoms with Crippen molar-refractivity contribution in [1.29, 1.82) is 0 Å². The topological polar surface area (TPSA) is 80.9 Å². The molecule has 0 aromatic carbocycles. The van der Waals surface area contributed by atoms with Crippen LogP contribution in [0.2, 0.25) is 0 Å². The van der Waals surface area contributed by atoms with Crippen LogP contribution in [0, 0.1) is 0 Å². The van der Waals surface area contributed by atoms with Crippen molar-refractivity contribution in [3.8, 4) is 0 Å². The molecule has 1 heterocycles. The molecule has 7 heteroatoms. The summed E-state index contributed by atoms with van der Waals surface area (Å²) >= 11 is 3.11. The maximum Gasteiger partial charge on any atom is 0.237 e. The fraction of sp³-hybridized carbons (Fsp3) is 0.700. The lowest BCUT2D eigenvalue weighted by atomic mass is 9.98. The van der Waals surface area contributed by atoms with Crippen molar-refractivity contribution in [1.82, 2.24) is 15.5 Å². The van der Waals surface area contributed by atoms with Crippen LogP contribution in [-0.4, -0.2) is 33.9 Å². The number of nitrogens with two attached hydrogens (primary N) is 1. The smallest absolute Gasteiger partial charge is 0.237 e. The Morgan fingerprint density at radius 3 is 3.00 bits per heavy atom. The van der Waals surface area contributed by atoms with Crippen molar-refractivity contribution in [2.75, 3.05) is 12.3 Å². The molecule has 1 unspecified atom stereocenters. The first-order chi connectivity index (χ1) is 8.08. The van der Waals surface area contributed by atoms with Gasteiger partial charge in [0.25, 0.3) is 0 Å². The highest BCUT2D eigenvalue weighted by Crippen LogP contribution is 2.22.